The predicted octanol–water partition coefficient (Wildman–Crippen LogP) is 5.46. The van der Waals surface area contributed by atoms with Crippen LogP contribution in [0.25, 0.3) is 0 Å². The molecule has 0 radical (unpaired) electrons. The molecule has 1 amide bonds. The lowest BCUT2D eigenvalue weighted by molar-refractivity contribution is -0.122. The smallest absolute Gasteiger partial charge is 0.220 e. The molecule has 0 unspecified atom stereocenters. The Hall–Kier alpha value is -0.530. The molecule has 2 heteroatoms. The van der Waals surface area contributed by atoms with E-state index in [-0.39, 0.29) is 5.91 Å². The Morgan fingerprint density at radius 1 is 0.952 bits per heavy atom. The van der Waals surface area contributed by atoms with Crippen LogP contribution in [0, 0.1) is 11.8 Å². The lowest BCUT2D eigenvalue weighted by Gasteiger charge is -2.31. The molecule has 0 spiro atoms. The van der Waals surface area contributed by atoms with Crippen LogP contribution in [0.5, 0.6) is 0 Å². The van der Waals surface area contributed by atoms with Crippen LogP contribution in [0.2, 0.25) is 0 Å². The fourth-order valence-corrected chi connectivity index (χ4v) is 3.47. The molecule has 0 aromatic heterocycles. The van der Waals surface area contributed by atoms with E-state index in [0.717, 1.165) is 24.7 Å². The van der Waals surface area contributed by atoms with Crippen LogP contribution in [-0.2, 0) is 4.79 Å². The summed E-state index contributed by atoms with van der Waals surface area (Å²) >= 11 is 0. The molecule has 0 heterocycles. The minimum absolute atomic E-state index is 0.288. The normalized spacial score (nSPS) is 22.5. The molecule has 1 aliphatic carbocycles. The van der Waals surface area contributed by atoms with Crippen LogP contribution in [0.15, 0.2) is 0 Å². The minimum atomic E-state index is 0.288. The van der Waals surface area contributed by atoms with Gasteiger partial charge in [-0.05, 0) is 43.9 Å². The van der Waals surface area contributed by atoms with E-state index in [4.69, 9.17) is 0 Å². The van der Waals surface area contributed by atoms with E-state index in [0.29, 0.717) is 6.04 Å². The van der Waals surface area contributed by atoms with Crippen LogP contribution in [0.3, 0.4) is 0 Å². The molecule has 1 rings (SSSR count). The second-order valence-corrected chi connectivity index (χ2v) is 7.29. The summed E-state index contributed by atoms with van der Waals surface area (Å²) in [5, 5.41) is 3.25. The molecule has 1 saturated carbocycles. The van der Waals surface area contributed by atoms with Crippen LogP contribution < -0.4 is 5.32 Å². The number of unbranched alkanes of at least 4 members (excludes halogenated alkanes) is 6. The third-order valence-electron chi connectivity index (χ3n) is 5.09. The first-order valence-electron chi connectivity index (χ1n) is 9.42. The Morgan fingerprint density at radius 2 is 1.52 bits per heavy atom. The van der Waals surface area contributed by atoms with Crippen LogP contribution in [0.4, 0.5) is 0 Å². The van der Waals surface area contributed by atoms with Gasteiger partial charge in [0.15, 0.2) is 0 Å². The molecule has 0 bridgehead atoms. The fraction of sp³-hybridized carbons (Fsp3) is 0.947. The van der Waals surface area contributed by atoms with E-state index >= 15 is 0 Å². The van der Waals surface area contributed by atoms with Crippen molar-refractivity contribution in [2.75, 3.05) is 0 Å². The Bertz CT molecular complexity index is 267. The van der Waals surface area contributed by atoms with Crippen LogP contribution in [-0.4, -0.2) is 11.9 Å². The van der Waals surface area contributed by atoms with Gasteiger partial charge in [0.25, 0.3) is 0 Å². The van der Waals surface area contributed by atoms with Gasteiger partial charge in [0.2, 0.25) is 5.91 Å². The van der Waals surface area contributed by atoms with Crippen molar-refractivity contribution in [2.45, 2.75) is 104 Å². The highest BCUT2D eigenvalue weighted by Gasteiger charge is 2.23. The molecule has 0 atom stereocenters. The zero-order valence-electron chi connectivity index (χ0n) is 14.6. The van der Waals surface area contributed by atoms with Gasteiger partial charge >= 0.3 is 0 Å². The topological polar surface area (TPSA) is 29.1 Å². The molecule has 1 aliphatic rings. The summed E-state index contributed by atoms with van der Waals surface area (Å²) in [6.07, 6.45) is 14.6. The molecule has 0 aromatic carbocycles. The number of rotatable bonds is 10. The molecular weight excluding hydrogens is 258 g/mol. The average Bonchev–Trinajstić information content (AvgIpc) is 2.47. The monoisotopic (exact) mass is 295 g/mol. The van der Waals surface area contributed by atoms with Crippen molar-refractivity contribution in [3.8, 4) is 0 Å². The van der Waals surface area contributed by atoms with E-state index in [2.05, 4.69) is 26.1 Å². The first kappa shape index (κ1) is 18.5. The maximum atomic E-state index is 12.0. The average molecular weight is 296 g/mol. The van der Waals surface area contributed by atoms with E-state index in [1.165, 1.54) is 64.2 Å². The molecule has 0 aliphatic heterocycles. The summed E-state index contributed by atoms with van der Waals surface area (Å²) in [6.45, 7) is 6.90. The number of carbonyl (C=O) groups is 1. The van der Waals surface area contributed by atoms with Crippen LogP contribution in [0.1, 0.15) is 97.8 Å². The van der Waals surface area contributed by atoms with Gasteiger partial charge < -0.3 is 5.32 Å². The maximum absolute atomic E-state index is 12.0. The third-order valence-corrected chi connectivity index (χ3v) is 5.09. The van der Waals surface area contributed by atoms with Crippen LogP contribution >= 0.6 is 0 Å². The summed E-state index contributed by atoms with van der Waals surface area (Å²) < 4.78 is 0. The SMILES string of the molecule is CCCCCCCCCC(=O)NC1CCC(C(C)C)CC1. The van der Waals surface area contributed by atoms with Gasteiger partial charge in [0.05, 0.1) is 0 Å². The van der Waals surface area contributed by atoms with Crippen molar-refractivity contribution in [1.29, 1.82) is 0 Å². The minimum Gasteiger partial charge on any atom is -0.353 e. The summed E-state index contributed by atoms with van der Waals surface area (Å²) in [4.78, 5) is 12.0. The second kappa shape index (κ2) is 11.1. The zero-order valence-corrected chi connectivity index (χ0v) is 14.6. The van der Waals surface area contributed by atoms with Gasteiger partial charge in [0, 0.05) is 12.5 Å². The first-order valence-corrected chi connectivity index (χ1v) is 9.42. The number of amides is 1. The van der Waals surface area contributed by atoms with Crippen molar-refractivity contribution >= 4 is 5.91 Å². The maximum Gasteiger partial charge on any atom is 0.220 e. The Balaban J connectivity index is 1.99. The lowest BCUT2D eigenvalue weighted by Crippen LogP contribution is -2.38. The molecule has 0 saturated heterocycles. The molecular formula is C19H37NO. The molecule has 124 valence electrons. The van der Waals surface area contributed by atoms with E-state index in [9.17, 15) is 4.79 Å². The van der Waals surface area contributed by atoms with Gasteiger partial charge in [-0.15, -0.1) is 0 Å². The van der Waals surface area contributed by atoms with Crippen molar-refractivity contribution in [3.05, 3.63) is 0 Å². The van der Waals surface area contributed by atoms with Gasteiger partial charge in [-0.2, -0.15) is 0 Å². The highest BCUT2D eigenvalue weighted by atomic mass is 16.1. The number of hydrogen-bond donors (Lipinski definition) is 1. The summed E-state index contributed by atoms with van der Waals surface area (Å²) in [7, 11) is 0. The first-order chi connectivity index (χ1) is 10.1. The molecule has 21 heavy (non-hydrogen) atoms. The fourth-order valence-electron chi connectivity index (χ4n) is 3.47. The van der Waals surface area contributed by atoms with Gasteiger partial charge in [-0.3, -0.25) is 4.79 Å². The largest absolute Gasteiger partial charge is 0.353 e. The number of hydrogen-bond acceptors (Lipinski definition) is 1. The molecule has 1 fully saturated rings. The van der Waals surface area contributed by atoms with E-state index in [1.54, 1.807) is 0 Å². The Labute approximate surface area is 132 Å². The van der Waals surface area contributed by atoms with Gasteiger partial charge in [-0.1, -0.05) is 59.3 Å². The van der Waals surface area contributed by atoms with E-state index in [1.807, 2.05) is 0 Å². The lowest BCUT2D eigenvalue weighted by atomic mass is 9.79. The highest BCUT2D eigenvalue weighted by molar-refractivity contribution is 5.76. The molecule has 1 N–H and O–H groups in total. The van der Waals surface area contributed by atoms with Gasteiger partial charge in [0.1, 0.15) is 0 Å². The number of nitrogens with one attached hydrogen (secondary N) is 1. The summed E-state index contributed by atoms with van der Waals surface area (Å²) in [6, 6.07) is 0.456. The van der Waals surface area contributed by atoms with Crippen molar-refractivity contribution in [2.24, 2.45) is 11.8 Å². The molecule has 0 aromatic rings. The quantitative estimate of drug-likeness (QED) is 0.533. The Morgan fingerprint density at radius 3 is 2.10 bits per heavy atom. The highest BCUT2D eigenvalue weighted by Crippen LogP contribution is 2.29. The van der Waals surface area contributed by atoms with Gasteiger partial charge in [-0.25, -0.2) is 0 Å². The predicted molar refractivity (Wildman–Crippen MR) is 91.3 cm³/mol. The second-order valence-electron chi connectivity index (χ2n) is 7.29. The molecule has 2 nitrogen and oxygen atoms in total. The standard InChI is InChI=1S/C19H37NO/c1-4-5-6-7-8-9-10-11-19(21)20-18-14-12-17(13-15-18)16(2)3/h16-18H,4-15H2,1-3H3,(H,20,21). The summed E-state index contributed by atoms with van der Waals surface area (Å²) in [5.74, 6) is 1.96. The van der Waals surface area contributed by atoms with Crippen molar-refractivity contribution in [1.82, 2.24) is 5.32 Å². The Kier molecular flexibility index (Phi) is 9.78. The van der Waals surface area contributed by atoms with Crippen molar-refractivity contribution in [3.63, 3.8) is 0 Å². The third kappa shape index (κ3) is 8.48. The van der Waals surface area contributed by atoms with E-state index < -0.39 is 0 Å². The summed E-state index contributed by atoms with van der Waals surface area (Å²) in [5.41, 5.74) is 0. The number of carbonyl (C=O) groups excluding carboxylic acids is 1. The zero-order chi connectivity index (χ0) is 15.5. The van der Waals surface area contributed by atoms with Crippen molar-refractivity contribution < 1.29 is 4.79 Å².